The van der Waals surface area contributed by atoms with Gasteiger partial charge in [-0.25, -0.2) is 0 Å². The molecule has 0 aromatic rings. The second-order valence-electron chi connectivity index (χ2n) is 10.8. The van der Waals surface area contributed by atoms with E-state index in [0.717, 1.165) is 58.0 Å². The van der Waals surface area contributed by atoms with Gasteiger partial charge in [-0.2, -0.15) is 0 Å². The van der Waals surface area contributed by atoms with E-state index in [1.165, 1.54) is 24.1 Å². The van der Waals surface area contributed by atoms with Crippen molar-refractivity contribution in [2.45, 2.75) is 77.7 Å². The van der Waals surface area contributed by atoms with Gasteiger partial charge < -0.3 is 10.2 Å². The molecule has 0 bridgehead atoms. The van der Waals surface area contributed by atoms with E-state index in [4.69, 9.17) is 4.84 Å². The number of hydrogen-bond acceptors (Lipinski definition) is 4. The summed E-state index contributed by atoms with van der Waals surface area (Å²) in [6, 6.07) is 0. The molecule has 28 heavy (non-hydrogen) atoms. The second-order valence-corrected chi connectivity index (χ2v) is 10.8. The van der Waals surface area contributed by atoms with Crippen molar-refractivity contribution < 1.29 is 9.63 Å². The van der Waals surface area contributed by atoms with Gasteiger partial charge in [0.25, 0.3) is 0 Å². The number of hydrogen-bond donors (Lipinski definition) is 1. The van der Waals surface area contributed by atoms with Crippen LogP contribution in [-0.4, -0.2) is 30.7 Å². The normalized spacial score (nSPS) is 49.6. The number of carbonyl (C=O) groups excluding carboxylic acids is 1. The first-order valence-electron chi connectivity index (χ1n) is 11.5. The van der Waals surface area contributed by atoms with E-state index in [2.05, 4.69) is 30.9 Å². The third-order valence-electron chi connectivity index (χ3n) is 9.52. The lowest BCUT2D eigenvalue weighted by Gasteiger charge is -2.60. The van der Waals surface area contributed by atoms with Gasteiger partial charge in [-0.15, -0.1) is 0 Å². The van der Waals surface area contributed by atoms with Gasteiger partial charge in [-0.1, -0.05) is 31.2 Å². The summed E-state index contributed by atoms with van der Waals surface area (Å²) in [5.74, 6) is 2.96. The summed E-state index contributed by atoms with van der Waals surface area (Å²) in [5.41, 5.74) is 2.99. The fraction of sp³-hybridized carbons (Fsp3) is 0.833. The number of nitrogens with zero attached hydrogens (tertiary/aromatic N) is 1. The standard InChI is InChI=1S/C24H36N2O2/c1-15-12-16-13-17(26-28-18-8-11-25-14-18)6-9-23(16,2)20-7-10-24(3)19(22(15)20)4-5-21(24)27/h16,18-20,22,25H,1,4-14H2,2-3H3/t16?,18-,19+,20+,22+,23+,24+/m1/s1. The zero-order chi connectivity index (χ0) is 19.5. The number of Topliss-reactive ketones (excluding diaryl/α,β-unsaturated/α-hetero) is 1. The van der Waals surface area contributed by atoms with E-state index >= 15 is 0 Å². The van der Waals surface area contributed by atoms with Crippen LogP contribution in [0.3, 0.4) is 0 Å². The van der Waals surface area contributed by atoms with Crippen LogP contribution in [0.5, 0.6) is 0 Å². The molecule has 1 heterocycles. The summed E-state index contributed by atoms with van der Waals surface area (Å²) in [6.45, 7) is 11.3. The molecule has 4 nitrogen and oxygen atoms in total. The Kier molecular flexibility index (Phi) is 4.50. The van der Waals surface area contributed by atoms with Gasteiger partial charge in [0, 0.05) is 24.8 Å². The van der Waals surface area contributed by atoms with Gasteiger partial charge in [0.05, 0.1) is 5.71 Å². The Morgan fingerprint density at radius 1 is 1.11 bits per heavy atom. The summed E-state index contributed by atoms with van der Waals surface area (Å²) >= 11 is 0. The molecule has 1 aliphatic heterocycles. The molecule has 0 aromatic heterocycles. The lowest BCUT2D eigenvalue weighted by atomic mass is 9.44. The van der Waals surface area contributed by atoms with Gasteiger partial charge in [-0.05, 0) is 80.6 Å². The van der Waals surface area contributed by atoms with E-state index in [1.807, 2.05) is 0 Å². The van der Waals surface area contributed by atoms with E-state index in [9.17, 15) is 4.79 Å². The van der Waals surface area contributed by atoms with Crippen molar-refractivity contribution in [1.82, 2.24) is 5.32 Å². The van der Waals surface area contributed by atoms with Crippen molar-refractivity contribution in [3.05, 3.63) is 12.2 Å². The molecular weight excluding hydrogens is 348 g/mol. The Morgan fingerprint density at radius 3 is 2.75 bits per heavy atom. The fourth-order valence-electron chi connectivity index (χ4n) is 7.66. The van der Waals surface area contributed by atoms with Crippen molar-refractivity contribution in [2.75, 3.05) is 13.1 Å². The average molecular weight is 385 g/mol. The maximum absolute atomic E-state index is 12.6. The Bertz CT molecular complexity index is 709. The predicted molar refractivity (Wildman–Crippen MR) is 111 cm³/mol. The highest BCUT2D eigenvalue weighted by molar-refractivity contribution is 5.87. The lowest BCUT2D eigenvalue weighted by Crippen LogP contribution is -2.54. The summed E-state index contributed by atoms with van der Waals surface area (Å²) in [7, 11) is 0. The highest BCUT2D eigenvalue weighted by Gasteiger charge is 2.61. The Labute approximate surface area is 169 Å². The van der Waals surface area contributed by atoms with Crippen molar-refractivity contribution >= 4 is 11.5 Å². The van der Waals surface area contributed by atoms with Crippen molar-refractivity contribution in [2.24, 2.45) is 39.7 Å². The monoisotopic (exact) mass is 384 g/mol. The van der Waals surface area contributed by atoms with Crippen molar-refractivity contribution in [3.8, 4) is 0 Å². The molecule has 5 rings (SSSR count). The number of allylic oxidation sites excluding steroid dienone is 1. The SMILES string of the molecule is C=C1CC2CC(=NO[C@@H]3CCNC3)CC[C@]2(C)[C@H]2CC[C@]3(C)C(=O)CC[C@H]3[C@H]12. The first-order valence-corrected chi connectivity index (χ1v) is 11.5. The highest BCUT2D eigenvalue weighted by Crippen LogP contribution is 2.66. The maximum Gasteiger partial charge on any atom is 0.141 e. The minimum atomic E-state index is -0.0717. The zero-order valence-electron chi connectivity index (χ0n) is 17.6. The van der Waals surface area contributed by atoms with Crippen LogP contribution in [0.4, 0.5) is 0 Å². The highest BCUT2D eigenvalue weighted by atomic mass is 16.6. The third kappa shape index (κ3) is 2.74. The quantitative estimate of drug-likeness (QED) is 0.563. The molecule has 1 saturated heterocycles. The van der Waals surface area contributed by atoms with Crippen LogP contribution in [0.25, 0.3) is 0 Å². The van der Waals surface area contributed by atoms with E-state index < -0.39 is 0 Å². The van der Waals surface area contributed by atoms with Crippen LogP contribution in [0.1, 0.15) is 71.6 Å². The molecule has 0 spiro atoms. The molecule has 0 amide bonds. The van der Waals surface area contributed by atoms with Crippen molar-refractivity contribution in [3.63, 3.8) is 0 Å². The molecule has 0 aromatic carbocycles. The molecule has 0 radical (unpaired) electrons. The molecule has 154 valence electrons. The van der Waals surface area contributed by atoms with Crippen LogP contribution in [0.2, 0.25) is 0 Å². The molecule has 7 atom stereocenters. The van der Waals surface area contributed by atoms with Crippen molar-refractivity contribution in [1.29, 1.82) is 0 Å². The number of ketones is 1. The number of oxime groups is 1. The van der Waals surface area contributed by atoms with Gasteiger partial charge in [0.15, 0.2) is 0 Å². The topological polar surface area (TPSA) is 50.7 Å². The molecule has 4 heteroatoms. The third-order valence-corrected chi connectivity index (χ3v) is 9.52. The largest absolute Gasteiger partial charge is 0.391 e. The smallest absolute Gasteiger partial charge is 0.141 e. The lowest BCUT2D eigenvalue weighted by molar-refractivity contribution is -0.133. The van der Waals surface area contributed by atoms with Gasteiger partial charge in [0.2, 0.25) is 0 Å². The molecule has 4 aliphatic carbocycles. The molecule has 1 N–H and O–H groups in total. The zero-order valence-corrected chi connectivity index (χ0v) is 17.6. The maximum atomic E-state index is 12.6. The van der Waals surface area contributed by atoms with Gasteiger partial charge in [-0.3, -0.25) is 4.79 Å². The minimum absolute atomic E-state index is 0.0717. The van der Waals surface area contributed by atoms with Crippen LogP contribution in [0, 0.1) is 34.5 Å². The second kappa shape index (κ2) is 6.68. The fourth-order valence-corrected chi connectivity index (χ4v) is 7.66. The summed E-state index contributed by atoms with van der Waals surface area (Å²) in [4.78, 5) is 18.5. The number of fused-ring (bicyclic) bond motifs is 5. The Hall–Kier alpha value is -1.16. The van der Waals surface area contributed by atoms with E-state index in [1.54, 1.807) is 0 Å². The first-order chi connectivity index (χ1) is 13.4. The molecule has 1 unspecified atom stereocenters. The van der Waals surface area contributed by atoms with Gasteiger partial charge in [0.1, 0.15) is 11.9 Å². The summed E-state index contributed by atoms with van der Waals surface area (Å²) < 4.78 is 0. The van der Waals surface area contributed by atoms with Crippen LogP contribution < -0.4 is 5.32 Å². The average Bonchev–Trinajstić information content (AvgIpc) is 3.29. The summed E-state index contributed by atoms with van der Waals surface area (Å²) in [6.07, 6.45) is 9.96. The minimum Gasteiger partial charge on any atom is -0.391 e. The number of rotatable bonds is 2. The summed E-state index contributed by atoms with van der Waals surface area (Å²) in [5, 5.41) is 7.94. The van der Waals surface area contributed by atoms with Gasteiger partial charge >= 0.3 is 0 Å². The predicted octanol–water partition coefficient (Wildman–Crippen LogP) is 4.50. The molecule has 4 saturated carbocycles. The Balaban J connectivity index is 1.35. The van der Waals surface area contributed by atoms with Crippen LogP contribution >= 0.6 is 0 Å². The first kappa shape index (κ1) is 18.8. The molecule has 5 aliphatic rings. The Morgan fingerprint density at radius 2 is 1.96 bits per heavy atom. The van der Waals surface area contributed by atoms with Crippen LogP contribution in [-0.2, 0) is 9.63 Å². The van der Waals surface area contributed by atoms with E-state index in [0.29, 0.717) is 34.9 Å². The van der Waals surface area contributed by atoms with Crippen LogP contribution in [0.15, 0.2) is 17.3 Å². The number of carbonyl (C=O) groups is 1. The molecular formula is C24H36N2O2. The molecule has 5 fully saturated rings. The van der Waals surface area contributed by atoms with E-state index in [-0.39, 0.29) is 11.5 Å². The number of nitrogens with one attached hydrogen (secondary N) is 1.